The number of pyridine rings is 1. The minimum absolute atomic E-state index is 0.0584. The van der Waals surface area contributed by atoms with Crippen LogP contribution in [0.5, 0.6) is 0 Å². The number of carbonyl (C=O) groups excluding carboxylic acids is 2. The molecule has 35 heavy (non-hydrogen) atoms. The maximum atomic E-state index is 13.1. The number of nitrogens with zero attached hydrogens (tertiary/aromatic N) is 3. The maximum Gasteiger partial charge on any atom is 0.246 e. The molecule has 172 valence electrons. The average molecular weight is 481 g/mol. The summed E-state index contributed by atoms with van der Waals surface area (Å²) in [7, 11) is 0. The van der Waals surface area contributed by atoms with E-state index in [9.17, 15) is 9.59 Å². The van der Waals surface area contributed by atoms with Gasteiger partial charge in [-0.25, -0.2) is 9.67 Å². The third-order valence-electron chi connectivity index (χ3n) is 5.72. The van der Waals surface area contributed by atoms with E-state index in [1.165, 1.54) is 0 Å². The zero-order valence-electron chi connectivity index (χ0n) is 18.9. The van der Waals surface area contributed by atoms with Crippen molar-refractivity contribution in [3.63, 3.8) is 0 Å². The smallest absolute Gasteiger partial charge is 0.246 e. The number of amides is 1. The predicted molar refractivity (Wildman–Crippen MR) is 138 cm³/mol. The second-order valence-electron chi connectivity index (χ2n) is 8.10. The molecule has 3 aromatic carbocycles. The normalized spacial score (nSPS) is 10.9. The molecule has 7 heteroatoms. The minimum atomic E-state index is -0.328. The summed E-state index contributed by atoms with van der Waals surface area (Å²) in [5, 5.41) is 8.74. The Kier molecular flexibility index (Phi) is 6.12. The number of anilines is 1. The van der Waals surface area contributed by atoms with Gasteiger partial charge >= 0.3 is 0 Å². The number of ketones is 1. The van der Waals surface area contributed by atoms with Crippen LogP contribution in [-0.4, -0.2) is 26.5 Å². The van der Waals surface area contributed by atoms with E-state index in [4.69, 9.17) is 11.6 Å². The van der Waals surface area contributed by atoms with Crippen LogP contribution in [0.1, 0.15) is 21.6 Å². The van der Waals surface area contributed by atoms with E-state index in [-0.39, 0.29) is 18.2 Å². The lowest BCUT2D eigenvalue weighted by Crippen LogP contribution is -2.21. The molecule has 0 aliphatic heterocycles. The molecular formula is C28H21ClN4O2. The monoisotopic (exact) mass is 480 g/mol. The first kappa shape index (κ1) is 22.5. The molecule has 1 N–H and O–H groups in total. The zero-order chi connectivity index (χ0) is 24.4. The number of rotatable bonds is 6. The molecule has 2 heterocycles. The third-order valence-corrected chi connectivity index (χ3v) is 5.96. The van der Waals surface area contributed by atoms with E-state index in [0.717, 1.165) is 22.2 Å². The van der Waals surface area contributed by atoms with Crippen molar-refractivity contribution in [2.75, 3.05) is 5.32 Å². The highest BCUT2D eigenvalue weighted by Crippen LogP contribution is 2.30. The zero-order valence-corrected chi connectivity index (χ0v) is 19.7. The molecule has 0 bridgehead atoms. The summed E-state index contributed by atoms with van der Waals surface area (Å²) in [6, 6.07) is 25.6. The summed E-state index contributed by atoms with van der Waals surface area (Å²) < 4.78 is 1.58. The molecule has 0 aliphatic carbocycles. The van der Waals surface area contributed by atoms with Gasteiger partial charge in [0.25, 0.3) is 0 Å². The summed E-state index contributed by atoms with van der Waals surface area (Å²) in [4.78, 5) is 30.6. The van der Waals surface area contributed by atoms with Crippen LogP contribution in [0.3, 0.4) is 0 Å². The highest BCUT2D eigenvalue weighted by atomic mass is 35.5. The summed E-state index contributed by atoms with van der Waals surface area (Å²) in [6.45, 7) is 1.85. The standard InChI is InChI=1S/C28H21ClN4O2/c1-18-26-22(19-8-4-2-5-9-19)14-15-30-28(26)33(32-18)17-25(34)31-24-13-12-21(29)16-23(24)27(35)20-10-6-3-7-11-20/h2-16H,17H2,1H3,(H,31,34). The fraction of sp³-hybridized carbons (Fsp3) is 0.0714. The van der Waals surface area contributed by atoms with Gasteiger partial charge < -0.3 is 5.32 Å². The van der Waals surface area contributed by atoms with Crippen molar-refractivity contribution in [1.82, 2.24) is 14.8 Å². The first-order valence-electron chi connectivity index (χ1n) is 11.1. The molecule has 0 saturated carbocycles. The third kappa shape index (κ3) is 4.56. The van der Waals surface area contributed by atoms with Crippen LogP contribution in [-0.2, 0) is 11.3 Å². The quantitative estimate of drug-likeness (QED) is 0.305. The Morgan fingerprint density at radius 3 is 2.40 bits per heavy atom. The van der Waals surface area contributed by atoms with Crippen molar-refractivity contribution in [1.29, 1.82) is 0 Å². The Labute approximate surface area is 207 Å². The highest BCUT2D eigenvalue weighted by Gasteiger charge is 2.19. The molecule has 6 nitrogen and oxygen atoms in total. The number of benzene rings is 3. The topological polar surface area (TPSA) is 76.9 Å². The maximum absolute atomic E-state index is 13.1. The molecule has 5 rings (SSSR count). The largest absolute Gasteiger partial charge is 0.324 e. The summed E-state index contributed by atoms with van der Waals surface area (Å²) in [5.74, 6) is -0.552. The molecule has 5 aromatic rings. The number of aryl methyl sites for hydroxylation is 1. The lowest BCUT2D eigenvalue weighted by molar-refractivity contribution is -0.116. The molecule has 0 saturated heterocycles. The second-order valence-corrected chi connectivity index (χ2v) is 8.54. The molecule has 0 fully saturated rings. The molecule has 0 aliphatic rings. The Bertz CT molecular complexity index is 1550. The van der Waals surface area contributed by atoms with Crippen LogP contribution >= 0.6 is 11.6 Å². The van der Waals surface area contributed by atoms with E-state index in [1.54, 1.807) is 53.3 Å². The van der Waals surface area contributed by atoms with Gasteiger partial charge in [0.15, 0.2) is 11.4 Å². The Morgan fingerprint density at radius 1 is 0.943 bits per heavy atom. The van der Waals surface area contributed by atoms with Crippen molar-refractivity contribution < 1.29 is 9.59 Å². The van der Waals surface area contributed by atoms with Gasteiger partial charge in [0, 0.05) is 27.7 Å². The van der Waals surface area contributed by atoms with Crippen molar-refractivity contribution in [2.24, 2.45) is 0 Å². The first-order valence-corrected chi connectivity index (χ1v) is 11.5. The van der Waals surface area contributed by atoms with E-state index < -0.39 is 0 Å². The lowest BCUT2D eigenvalue weighted by atomic mass is 10.0. The molecular weight excluding hydrogens is 460 g/mol. The van der Waals surface area contributed by atoms with Crippen LogP contribution < -0.4 is 5.32 Å². The van der Waals surface area contributed by atoms with Crippen LogP contribution in [0.4, 0.5) is 5.69 Å². The number of fused-ring (bicyclic) bond motifs is 1. The van der Waals surface area contributed by atoms with Gasteiger partial charge in [-0.2, -0.15) is 5.10 Å². The van der Waals surface area contributed by atoms with E-state index in [1.807, 2.05) is 49.4 Å². The van der Waals surface area contributed by atoms with E-state index in [2.05, 4.69) is 15.4 Å². The van der Waals surface area contributed by atoms with Crippen LogP contribution in [0, 0.1) is 6.92 Å². The summed E-state index contributed by atoms with van der Waals surface area (Å²) in [5.41, 5.74) is 4.69. The molecule has 1 amide bonds. The van der Waals surface area contributed by atoms with Gasteiger partial charge in [-0.15, -0.1) is 0 Å². The number of hydrogen-bond acceptors (Lipinski definition) is 4. The van der Waals surface area contributed by atoms with Crippen LogP contribution in [0.25, 0.3) is 22.2 Å². The molecule has 0 spiro atoms. The van der Waals surface area contributed by atoms with Gasteiger partial charge in [-0.05, 0) is 42.3 Å². The second kappa shape index (κ2) is 9.52. The highest BCUT2D eigenvalue weighted by molar-refractivity contribution is 6.31. The molecule has 2 aromatic heterocycles. The molecule has 0 unspecified atom stereocenters. The van der Waals surface area contributed by atoms with Crippen molar-refractivity contribution in [3.05, 3.63) is 113 Å². The fourth-order valence-electron chi connectivity index (χ4n) is 4.13. The van der Waals surface area contributed by atoms with Gasteiger partial charge in [0.2, 0.25) is 5.91 Å². The number of aromatic nitrogens is 3. The van der Waals surface area contributed by atoms with Crippen molar-refractivity contribution in [2.45, 2.75) is 13.5 Å². The van der Waals surface area contributed by atoms with Gasteiger partial charge in [-0.1, -0.05) is 72.3 Å². The average Bonchev–Trinajstić information content (AvgIpc) is 3.20. The number of nitrogens with one attached hydrogen (secondary N) is 1. The van der Waals surface area contributed by atoms with Gasteiger partial charge in [-0.3, -0.25) is 9.59 Å². The predicted octanol–water partition coefficient (Wildman–Crippen LogP) is 5.93. The minimum Gasteiger partial charge on any atom is -0.324 e. The number of hydrogen-bond donors (Lipinski definition) is 1. The van der Waals surface area contributed by atoms with Crippen molar-refractivity contribution in [3.8, 4) is 11.1 Å². The number of halogens is 1. The Hall–Kier alpha value is -4.29. The van der Waals surface area contributed by atoms with E-state index >= 15 is 0 Å². The van der Waals surface area contributed by atoms with Crippen LogP contribution in [0.2, 0.25) is 5.02 Å². The first-order chi connectivity index (χ1) is 17.0. The number of carbonyl (C=O) groups is 2. The lowest BCUT2D eigenvalue weighted by Gasteiger charge is -2.12. The molecule has 0 radical (unpaired) electrons. The van der Waals surface area contributed by atoms with Crippen molar-refractivity contribution >= 4 is 40.0 Å². The van der Waals surface area contributed by atoms with Gasteiger partial charge in [0.05, 0.1) is 11.4 Å². The van der Waals surface area contributed by atoms with E-state index in [0.29, 0.717) is 27.5 Å². The van der Waals surface area contributed by atoms with Crippen LogP contribution in [0.15, 0.2) is 91.1 Å². The summed E-state index contributed by atoms with van der Waals surface area (Å²) in [6.07, 6.45) is 1.72. The molecule has 0 atom stereocenters. The SMILES string of the molecule is Cc1nn(CC(=O)Nc2ccc(Cl)cc2C(=O)c2ccccc2)c2nccc(-c3ccccc3)c12. The summed E-state index contributed by atoms with van der Waals surface area (Å²) >= 11 is 6.16. The fourth-order valence-corrected chi connectivity index (χ4v) is 4.31. The Morgan fingerprint density at radius 2 is 1.66 bits per heavy atom. The van der Waals surface area contributed by atoms with Gasteiger partial charge in [0.1, 0.15) is 6.54 Å². The Balaban J connectivity index is 1.44.